The lowest BCUT2D eigenvalue weighted by Gasteiger charge is -2.37. The Balaban J connectivity index is 1.48. The molecule has 0 amide bonds. The molecule has 0 spiro atoms. The van der Waals surface area contributed by atoms with Gasteiger partial charge in [-0.2, -0.15) is 0 Å². The van der Waals surface area contributed by atoms with E-state index in [-0.39, 0.29) is 29.3 Å². The predicted molar refractivity (Wildman–Crippen MR) is 85.9 cm³/mol. The smallest absolute Gasteiger partial charge is 0.338 e. The number of nitrogens with zero attached hydrogens (tertiary/aromatic N) is 2. The molecule has 4 rings (SSSR count). The van der Waals surface area contributed by atoms with Gasteiger partial charge in [-0.05, 0) is 38.8 Å². The van der Waals surface area contributed by atoms with E-state index in [4.69, 9.17) is 14.2 Å². The number of hydrogen-bond donors (Lipinski definition) is 0. The van der Waals surface area contributed by atoms with Gasteiger partial charge in [-0.25, -0.2) is 9.69 Å². The maximum absolute atomic E-state index is 12.3. The van der Waals surface area contributed by atoms with E-state index >= 15 is 0 Å². The molecule has 0 aliphatic carbocycles. The van der Waals surface area contributed by atoms with Gasteiger partial charge >= 0.3 is 5.97 Å². The fourth-order valence-corrected chi connectivity index (χ4v) is 4.37. The maximum atomic E-state index is 12.3. The fraction of sp³-hybridized carbons (Fsp3) is 0.588. The summed E-state index contributed by atoms with van der Waals surface area (Å²) in [5, 5.41) is 10.7. The van der Waals surface area contributed by atoms with Crippen LogP contribution in [0.2, 0.25) is 0 Å². The van der Waals surface area contributed by atoms with Crippen molar-refractivity contribution < 1.29 is 23.9 Å². The van der Waals surface area contributed by atoms with Crippen LogP contribution in [0.3, 0.4) is 0 Å². The Morgan fingerprint density at radius 1 is 1.20 bits per heavy atom. The van der Waals surface area contributed by atoms with E-state index in [1.807, 2.05) is 13.8 Å². The van der Waals surface area contributed by atoms with Gasteiger partial charge in [-0.15, -0.1) is 0 Å². The third-order valence-corrected chi connectivity index (χ3v) is 5.56. The Morgan fingerprint density at radius 2 is 1.76 bits per heavy atom. The van der Waals surface area contributed by atoms with Crippen molar-refractivity contribution in [2.75, 3.05) is 19.8 Å². The lowest BCUT2D eigenvalue weighted by atomic mass is 10.0. The van der Waals surface area contributed by atoms with Crippen molar-refractivity contribution in [1.29, 1.82) is 0 Å². The maximum Gasteiger partial charge on any atom is 0.338 e. The highest BCUT2D eigenvalue weighted by Crippen LogP contribution is 2.55. The number of nitro benzene ring substituents is 1. The third kappa shape index (κ3) is 2.36. The summed E-state index contributed by atoms with van der Waals surface area (Å²) in [4.78, 5) is 24.7. The first-order valence-electron chi connectivity index (χ1n) is 8.28. The summed E-state index contributed by atoms with van der Waals surface area (Å²) in [6.45, 7) is 5.16. The highest BCUT2D eigenvalue weighted by molar-refractivity contribution is 5.89. The molecule has 1 aromatic carbocycles. The second-order valence-electron chi connectivity index (χ2n) is 7.37. The lowest BCUT2D eigenvalue weighted by Crippen LogP contribution is -2.56. The Kier molecular flexibility index (Phi) is 3.44. The minimum Gasteiger partial charge on any atom is -0.460 e. The van der Waals surface area contributed by atoms with Crippen molar-refractivity contribution in [1.82, 2.24) is 4.90 Å². The quantitative estimate of drug-likeness (QED) is 0.467. The van der Waals surface area contributed by atoms with Crippen molar-refractivity contribution in [3.8, 4) is 0 Å². The first kappa shape index (κ1) is 16.4. The predicted octanol–water partition coefficient (Wildman–Crippen LogP) is 2.08. The number of carbonyl (C=O) groups excluding carboxylic acids is 1. The van der Waals surface area contributed by atoms with Gasteiger partial charge in [0.05, 0.1) is 23.7 Å². The molecule has 25 heavy (non-hydrogen) atoms. The van der Waals surface area contributed by atoms with Gasteiger partial charge in [0.1, 0.15) is 23.6 Å². The Morgan fingerprint density at radius 3 is 2.28 bits per heavy atom. The van der Waals surface area contributed by atoms with Gasteiger partial charge in [0.2, 0.25) is 0 Å². The molecule has 3 aliphatic heterocycles. The third-order valence-electron chi connectivity index (χ3n) is 5.56. The normalized spacial score (nSPS) is 36.4. The van der Waals surface area contributed by atoms with Crippen LogP contribution < -0.4 is 0 Å². The first-order valence-corrected chi connectivity index (χ1v) is 8.28. The second-order valence-corrected chi connectivity index (χ2v) is 7.37. The molecular formula is C17H20N2O6. The number of rotatable bonds is 4. The lowest BCUT2D eigenvalue weighted by molar-refractivity contribution is -0.384. The number of non-ortho nitro benzene ring substituents is 1. The molecule has 0 aromatic heterocycles. The summed E-state index contributed by atoms with van der Waals surface area (Å²) in [5.74, 6) is -0.509. The molecule has 3 aliphatic rings. The molecule has 0 N–H and O–H groups in total. The summed E-state index contributed by atoms with van der Waals surface area (Å²) in [6, 6.07) is 5.39. The number of esters is 1. The Bertz CT molecular complexity index is 713. The van der Waals surface area contributed by atoms with Crippen molar-refractivity contribution in [2.45, 2.75) is 43.7 Å². The van der Waals surface area contributed by atoms with Crippen LogP contribution in [-0.2, 0) is 14.2 Å². The van der Waals surface area contributed by atoms with Crippen molar-refractivity contribution in [3.05, 3.63) is 39.9 Å². The van der Waals surface area contributed by atoms with Crippen LogP contribution in [0.25, 0.3) is 0 Å². The van der Waals surface area contributed by atoms with E-state index in [1.165, 1.54) is 24.3 Å². The van der Waals surface area contributed by atoms with Crippen LogP contribution in [0.15, 0.2) is 24.3 Å². The molecule has 3 heterocycles. The van der Waals surface area contributed by atoms with Crippen LogP contribution >= 0.6 is 0 Å². The molecule has 0 bridgehead atoms. The average Bonchev–Trinajstić information content (AvgIpc) is 3.17. The van der Waals surface area contributed by atoms with E-state index in [0.717, 1.165) is 12.8 Å². The van der Waals surface area contributed by atoms with Gasteiger partial charge in [0.25, 0.3) is 5.69 Å². The summed E-state index contributed by atoms with van der Waals surface area (Å²) in [7, 11) is 0. The summed E-state index contributed by atoms with van der Waals surface area (Å²) in [5.41, 5.74) is -1.02. The van der Waals surface area contributed by atoms with Gasteiger partial charge in [-0.3, -0.25) is 10.1 Å². The molecule has 0 unspecified atom stereocenters. The van der Waals surface area contributed by atoms with Gasteiger partial charge < -0.3 is 14.2 Å². The van der Waals surface area contributed by atoms with Crippen molar-refractivity contribution in [2.24, 2.45) is 0 Å². The zero-order chi connectivity index (χ0) is 17.9. The number of hydrogen-bond acceptors (Lipinski definition) is 7. The fourth-order valence-electron chi connectivity index (χ4n) is 4.37. The Hall–Kier alpha value is -2.03. The van der Waals surface area contributed by atoms with Crippen LogP contribution in [0.4, 0.5) is 5.69 Å². The summed E-state index contributed by atoms with van der Waals surface area (Å²) in [6.07, 6.45) is 1.75. The first-order chi connectivity index (χ1) is 11.8. The van der Waals surface area contributed by atoms with Crippen molar-refractivity contribution >= 4 is 11.7 Å². The molecule has 134 valence electrons. The Labute approximate surface area is 144 Å². The highest BCUT2D eigenvalue weighted by atomic mass is 16.6. The van der Waals surface area contributed by atoms with E-state index in [1.54, 1.807) is 0 Å². The van der Waals surface area contributed by atoms with Crippen molar-refractivity contribution in [3.63, 3.8) is 0 Å². The zero-order valence-electron chi connectivity index (χ0n) is 14.2. The molecule has 8 heteroatoms. The van der Waals surface area contributed by atoms with E-state index in [0.29, 0.717) is 13.2 Å². The van der Waals surface area contributed by atoms with Crippen LogP contribution in [0, 0.1) is 10.1 Å². The molecule has 1 aromatic rings. The molecule has 8 nitrogen and oxygen atoms in total. The number of carbonyl (C=O) groups is 1. The van der Waals surface area contributed by atoms with E-state index < -0.39 is 16.4 Å². The molecular weight excluding hydrogens is 328 g/mol. The van der Waals surface area contributed by atoms with E-state index in [9.17, 15) is 14.9 Å². The number of ether oxygens (including phenoxy) is 3. The van der Waals surface area contributed by atoms with Crippen LogP contribution in [-0.4, -0.2) is 52.6 Å². The molecule has 0 saturated carbocycles. The monoisotopic (exact) mass is 348 g/mol. The second kappa shape index (κ2) is 5.23. The van der Waals surface area contributed by atoms with Crippen LogP contribution in [0.1, 0.15) is 37.0 Å². The number of nitro groups is 1. The largest absolute Gasteiger partial charge is 0.460 e. The summed E-state index contributed by atoms with van der Waals surface area (Å²) < 4.78 is 17.6. The minimum absolute atomic E-state index is 0.0628. The van der Waals surface area contributed by atoms with E-state index in [2.05, 4.69) is 4.90 Å². The van der Waals surface area contributed by atoms with Gasteiger partial charge in [0.15, 0.2) is 0 Å². The van der Waals surface area contributed by atoms with Crippen LogP contribution in [0.5, 0.6) is 0 Å². The zero-order valence-corrected chi connectivity index (χ0v) is 14.2. The standard InChI is InChI=1S/C17H20N2O6/c1-15-7-8-16(2)19(15)17(10-24-15,11-25-16)9-23-14(20)12-3-5-13(6-4-12)18(21)22/h3-6H,7-11H2,1-2H3/t15-,16-/m0/s1. The van der Waals surface area contributed by atoms with Gasteiger partial charge in [0, 0.05) is 12.1 Å². The highest BCUT2D eigenvalue weighted by Gasteiger charge is 2.69. The summed E-state index contributed by atoms with van der Waals surface area (Å²) >= 11 is 0. The molecule has 0 radical (unpaired) electrons. The molecule has 2 atom stereocenters. The SMILES string of the molecule is C[C@@]12CC[C@]3(C)OCC(COC(=O)c4ccc([N+](=O)[O-])cc4)(CO1)N23. The average molecular weight is 348 g/mol. The molecule has 3 saturated heterocycles. The molecule has 3 fully saturated rings. The van der Waals surface area contributed by atoms with Gasteiger partial charge in [-0.1, -0.05) is 0 Å². The topological polar surface area (TPSA) is 91.1 Å². The minimum atomic E-state index is -0.509. The number of benzene rings is 1.